The lowest BCUT2D eigenvalue weighted by molar-refractivity contribution is -0.136. The Kier molecular flexibility index (Phi) is 3.57. The molecule has 0 unspecified atom stereocenters. The quantitative estimate of drug-likeness (QED) is 0.705. The van der Waals surface area contributed by atoms with Crippen molar-refractivity contribution >= 4 is 33.4 Å². The number of benzene rings is 2. The molecule has 0 aliphatic rings. The summed E-state index contributed by atoms with van der Waals surface area (Å²) in [6, 6.07) is 7.31. The number of nitrogens with zero attached hydrogens (tertiary/aromatic N) is 1. The Morgan fingerprint density at radius 2 is 1.91 bits per heavy atom. The second-order valence-electron chi connectivity index (χ2n) is 5.07. The molecule has 0 atom stereocenters. The average molecular weight is 328 g/mol. The minimum absolute atomic E-state index is 0.0900. The normalized spacial score (nSPS) is 12.5. The monoisotopic (exact) mass is 327 g/mol. The zero-order chi connectivity index (χ0) is 16.1. The van der Waals surface area contributed by atoms with Crippen LogP contribution in [0.2, 0.25) is 5.02 Å². The summed E-state index contributed by atoms with van der Waals surface area (Å²) in [6.07, 6.45) is -4.47. The maximum absolute atomic E-state index is 13.4. The summed E-state index contributed by atoms with van der Waals surface area (Å²) in [5.74, 6) is 0. The van der Waals surface area contributed by atoms with Crippen LogP contribution in [0.1, 0.15) is 18.1 Å². The van der Waals surface area contributed by atoms with E-state index in [9.17, 15) is 18.3 Å². The van der Waals surface area contributed by atoms with Gasteiger partial charge in [0.1, 0.15) is 0 Å². The Hall–Kier alpha value is -1.72. The van der Waals surface area contributed by atoms with Crippen LogP contribution < -0.4 is 0 Å². The van der Waals surface area contributed by atoms with Gasteiger partial charge in [-0.3, -0.25) is 0 Å². The Bertz CT molecular complexity index is 867. The minimum Gasteiger partial charge on any atom is -0.392 e. The van der Waals surface area contributed by atoms with Gasteiger partial charge in [-0.2, -0.15) is 13.2 Å². The molecular formula is C16H13ClF3NO. The summed E-state index contributed by atoms with van der Waals surface area (Å²) >= 11 is 6.17. The van der Waals surface area contributed by atoms with Crippen LogP contribution in [0.3, 0.4) is 0 Å². The number of aliphatic hydroxyl groups is 1. The molecule has 0 saturated carbocycles. The number of hydrogen-bond donors (Lipinski definition) is 1. The predicted octanol–water partition coefficient (Wildman–Crippen LogP) is 4.98. The molecule has 0 aliphatic carbocycles. The lowest BCUT2D eigenvalue weighted by Crippen LogP contribution is -2.05. The van der Waals surface area contributed by atoms with Crippen LogP contribution in [0.25, 0.3) is 21.8 Å². The van der Waals surface area contributed by atoms with Gasteiger partial charge in [0.05, 0.1) is 22.7 Å². The van der Waals surface area contributed by atoms with E-state index in [1.807, 2.05) is 6.92 Å². The molecule has 0 spiro atoms. The summed E-state index contributed by atoms with van der Waals surface area (Å²) in [7, 11) is 0. The van der Waals surface area contributed by atoms with Crippen molar-refractivity contribution in [2.24, 2.45) is 0 Å². The molecule has 6 heteroatoms. The van der Waals surface area contributed by atoms with Gasteiger partial charge in [0.15, 0.2) is 0 Å². The fourth-order valence-corrected chi connectivity index (χ4v) is 3.16. The topological polar surface area (TPSA) is 25.2 Å². The van der Waals surface area contributed by atoms with E-state index in [4.69, 9.17) is 11.6 Å². The molecule has 22 heavy (non-hydrogen) atoms. The van der Waals surface area contributed by atoms with Crippen molar-refractivity contribution in [3.8, 4) is 0 Å². The number of alkyl halides is 3. The van der Waals surface area contributed by atoms with Crippen LogP contribution in [0.5, 0.6) is 0 Å². The molecule has 0 radical (unpaired) electrons. The molecule has 0 saturated heterocycles. The third-order valence-electron chi connectivity index (χ3n) is 3.82. The third-order valence-corrected chi connectivity index (χ3v) is 4.13. The number of aliphatic hydroxyl groups excluding tert-OH is 1. The molecule has 2 aromatic carbocycles. The fraction of sp³-hybridized carbons (Fsp3) is 0.250. The number of halogens is 4. The molecule has 1 aromatic heterocycles. The van der Waals surface area contributed by atoms with Crippen molar-refractivity contribution in [1.29, 1.82) is 0 Å². The number of hydrogen-bond acceptors (Lipinski definition) is 1. The molecule has 2 nitrogen and oxygen atoms in total. The standard InChI is InChI=1S/C16H13ClF3NO/c1-2-21-13-6-3-9(8-22)7-10(13)14-11(16(18,19)20)4-5-12(17)15(14)21/h3-7,22H,2,8H2,1H3. The molecule has 1 heterocycles. The van der Waals surface area contributed by atoms with Gasteiger partial charge in [-0.15, -0.1) is 0 Å². The Balaban J connectivity index is 2.58. The molecule has 3 rings (SSSR count). The first-order chi connectivity index (χ1) is 10.4. The van der Waals surface area contributed by atoms with Gasteiger partial charge in [0, 0.05) is 22.8 Å². The zero-order valence-electron chi connectivity index (χ0n) is 11.7. The van der Waals surface area contributed by atoms with Crippen molar-refractivity contribution in [3.63, 3.8) is 0 Å². The van der Waals surface area contributed by atoms with Crippen molar-refractivity contribution in [2.75, 3.05) is 0 Å². The van der Waals surface area contributed by atoms with Gasteiger partial charge >= 0.3 is 6.18 Å². The van der Waals surface area contributed by atoms with E-state index in [-0.39, 0.29) is 17.0 Å². The number of aryl methyl sites for hydroxylation is 1. The highest BCUT2D eigenvalue weighted by Crippen LogP contribution is 2.42. The van der Waals surface area contributed by atoms with E-state index < -0.39 is 11.7 Å². The first-order valence-electron chi connectivity index (χ1n) is 6.79. The molecule has 3 aromatic rings. The van der Waals surface area contributed by atoms with Gasteiger partial charge < -0.3 is 9.67 Å². The van der Waals surface area contributed by atoms with Gasteiger partial charge in [0.2, 0.25) is 0 Å². The van der Waals surface area contributed by atoms with Crippen molar-refractivity contribution < 1.29 is 18.3 Å². The maximum Gasteiger partial charge on any atom is 0.417 e. The number of rotatable bonds is 2. The molecular weight excluding hydrogens is 315 g/mol. The Morgan fingerprint density at radius 3 is 2.50 bits per heavy atom. The van der Waals surface area contributed by atoms with E-state index in [2.05, 4.69) is 0 Å². The number of fused-ring (bicyclic) bond motifs is 3. The van der Waals surface area contributed by atoms with Gasteiger partial charge in [-0.05, 0) is 36.8 Å². The maximum atomic E-state index is 13.4. The summed E-state index contributed by atoms with van der Waals surface area (Å²) in [6.45, 7) is 2.13. The Labute approximate surface area is 129 Å². The predicted molar refractivity (Wildman–Crippen MR) is 81.1 cm³/mol. The fourth-order valence-electron chi connectivity index (χ4n) is 2.90. The molecule has 0 bridgehead atoms. The van der Waals surface area contributed by atoms with Crippen molar-refractivity contribution in [1.82, 2.24) is 4.57 Å². The van der Waals surface area contributed by atoms with E-state index in [0.29, 0.717) is 28.5 Å². The van der Waals surface area contributed by atoms with E-state index >= 15 is 0 Å². The highest BCUT2D eigenvalue weighted by Gasteiger charge is 2.34. The summed E-state index contributed by atoms with van der Waals surface area (Å²) in [5, 5.41) is 10.1. The summed E-state index contributed by atoms with van der Waals surface area (Å²) < 4.78 is 41.9. The average Bonchev–Trinajstić information content (AvgIpc) is 2.80. The van der Waals surface area contributed by atoms with Crippen molar-refractivity contribution in [2.45, 2.75) is 26.3 Å². The van der Waals surface area contributed by atoms with Crippen molar-refractivity contribution in [3.05, 3.63) is 46.5 Å². The summed E-state index contributed by atoms with van der Waals surface area (Å²) in [4.78, 5) is 0. The van der Waals surface area contributed by atoms with Gasteiger partial charge in [0.25, 0.3) is 0 Å². The summed E-state index contributed by atoms with van der Waals surface area (Å²) in [5.41, 5.74) is 0.910. The van der Waals surface area contributed by atoms with Crippen LogP contribution in [-0.4, -0.2) is 9.67 Å². The molecule has 0 aliphatic heterocycles. The van der Waals surface area contributed by atoms with Crippen LogP contribution >= 0.6 is 11.6 Å². The smallest absolute Gasteiger partial charge is 0.392 e. The highest BCUT2D eigenvalue weighted by molar-refractivity contribution is 6.36. The Morgan fingerprint density at radius 1 is 1.18 bits per heavy atom. The van der Waals surface area contributed by atoms with Crippen LogP contribution in [-0.2, 0) is 19.3 Å². The largest absolute Gasteiger partial charge is 0.417 e. The molecule has 0 fully saturated rings. The second kappa shape index (κ2) is 5.18. The third kappa shape index (κ3) is 2.16. The number of aromatic nitrogens is 1. The first kappa shape index (κ1) is 15.2. The zero-order valence-corrected chi connectivity index (χ0v) is 12.5. The molecule has 0 amide bonds. The van der Waals surface area contributed by atoms with E-state index in [0.717, 1.165) is 6.07 Å². The van der Waals surface area contributed by atoms with Gasteiger partial charge in [-0.1, -0.05) is 17.7 Å². The SMILES string of the molecule is CCn1c2ccc(CO)cc2c2c(C(F)(F)F)ccc(Cl)c21. The van der Waals surface area contributed by atoms with Crippen LogP contribution in [0, 0.1) is 0 Å². The van der Waals surface area contributed by atoms with Crippen LogP contribution in [0.4, 0.5) is 13.2 Å². The second-order valence-corrected chi connectivity index (χ2v) is 5.48. The minimum atomic E-state index is -4.47. The highest BCUT2D eigenvalue weighted by atomic mass is 35.5. The molecule has 1 N–H and O–H groups in total. The van der Waals surface area contributed by atoms with E-state index in [1.54, 1.807) is 22.8 Å². The lowest BCUT2D eigenvalue weighted by Gasteiger charge is -2.10. The molecule has 116 valence electrons. The lowest BCUT2D eigenvalue weighted by atomic mass is 10.0. The van der Waals surface area contributed by atoms with E-state index in [1.165, 1.54) is 6.07 Å². The van der Waals surface area contributed by atoms with Gasteiger partial charge in [-0.25, -0.2) is 0 Å². The first-order valence-corrected chi connectivity index (χ1v) is 7.17. The van der Waals surface area contributed by atoms with Crippen LogP contribution in [0.15, 0.2) is 30.3 Å².